The highest BCUT2D eigenvalue weighted by atomic mass is 32.2. The third-order valence-corrected chi connectivity index (χ3v) is 11.4. The second-order valence-electron chi connectivity index (χ2n) is 13.8. The van der Waals surface area contributed by atoms with Crippen molar-refractivity contribution in [3.05, 3.63) is 65.7 Å². The Morgan fingerprint density at radius 3 is 2.00 bits per heavy atom. The third-order valence-electron chi connectivity index (χ3n) is 8.89. The van der Waals surface area contributed by atoms with Crippen LogP contribution in [0.3, 0.4) is 0 Å². The van der Waals surface area contributed by atoms with Crippen LogP contribution in [0.2, 0.25) is 0 Å². The van der Waals surface area contributed by atoms with Crippen molar-refractivity contribution >= 4 is 62.3 Å². The monoisotopic (exact) mass is 803 g/mol. The third kappa shape index (κ3) is 13.8. The molecule has 0 saturated carbocycles. The first-order valence-corrected chi connectivity index (χ1v) is 21.2. The number of rotatable bonds is 19. The first kappa shape index (κ1) is 44.6. The van der Waals surface area contributed by atoms with Gasteiger partial charge in [-0.25, -0.2) is 13.2 Å². The van der Waals surface area contributed by atoms with E-state index in [0.29, 0.717) is 36.3 Å². The number of carboxylic acids is 1. The predicted octanol–water partition coefficient (Wildman–Crippen LogP) is 0.790. The average Bonchev–Trinajstić information content (AvgIpc) is 3.14. The van der Waals surface area contributed by atoms with Crippen LogP contribution in [-0.2, 0) is 49.8 Å². The Bertz CT molecular complexity index is 1800. The molecule has 18 heteroatoms. The molecule has 16 nitrogen and oxygen atoms in total. The summed E-state index contributed by atoms with van der Waals surface area (Å²) in [4.78, 5) is 91.3. The Balaban J connectivity index is 1.72. The molecule has 2 aromatic carbocycles. The number of nitrogens with one attached hydrogen (secondary N) is 5. The van der Waals surface area contributed by atoms with E-state index >= 15 is 0 Å². The number of carbonyl (C=O) groups excluding carboxylic acids is 6. The molecule has 6 N–H and O–H groups in total. The first-order chi connectivity index (χ1) is 25.9. The summed E-state index contributed by atoms with van der Waals surface area (Å²) < 4.78 is 35.9. The maximum absolute atomic E-state index is 13.9. The molecular formula is C37H49N5O11S2. The molecule has 4 atom stereocenters. The summed E-state index contributed by atoms with van der Waals surface area (Å²) in [6, 6.07) is 7.97. The van der Waals surface area contributed by atoms with Gasteiger partial charge < -0.3 is 36.2 Å². The van der Waals surface area contributed by atoms with Gasteiger partial charge in [-0.05, 0) is 67.3 Å². The molecule has 2 aromatic rings. The van der Waals surface area contributed by atoms with Crippen LogP contribution in [0.4, 0.5) is 0 Å². The van der Waals surface area contributed by atoms with Crippen molar-refractivity contribution in [3.8, 4) is 0 Å². The highest BCUT2D eigenvalue weighted by Gasteiger charge is 2.37. The van der Waals surface area contributed by atoms with E-state index in [9.17, 15) is 51.6 Å². The molecule has 1 saturated heterocycles. The topological polar surface area (TPSA) is 257 Å². The summed E-state index contributed by atoms with van der Waals surface area (Å²) in [5.74, 6) is -6.54. The molecule has 1 unspecified atom stereocenters. The fourth-order valence-corrected chi connectivity index (χ4v) is 7.93. The van der Waals surface area contributed by atoms with E-state index in [1.807, 2.05) is 13.8 Å². The minimum atomic E-state index is -3.52. The van der Waals surface area contributed by atoms with E-state index in [0.717, 1.165) is 6.26 Å². The van der Waals surface area contributed by atoms with Gasteiger partial charge in [-0.2, -0.15) is 0 Å². The molecule has 55 heavy (non-hydrogen) atoms. The van der Waals surface area contributed by atoms with Crippen LogP contribution in [0.5, 0.6) is 0 Å². The fraction of sp³-hybridized carbons (Fsp3) is 0.486. The summed E-state index contributed by atoms with van der Waals surface area (Å²) >= 11 is -1.09. The summed E-state index contributed by atoms with van der Waals surface area (Å²) in [5, 5.41) is 22.0. The van der Waals surface area contributed by atoms with Crippen LogP contribution in [0.15, 0.2) is 59.5 Å². The minimum Gasteiger partial charge on any atom is -0.616 e. The summed E-state index contributed by atoms with van der Waals surface area (Å²) in [7, 11) is -3.52. The van der Waals surface area contributed by atoms with E-state index in [2.05, 4.69) is 26.6 Å². The molecule has 1 fully saturated rings. The van der Waals surface area contributed by atoms with Crippen LogP contribution < -0.4 is 26.6 Å². The molecule has 300 valence electrons. The lowest BCUT2D eigenvalue weighted by atomic mass is 9.91. The second-order valence-corrected chi connectivity index (χ2v) is 17.5. The quantitative estimate of drug-likeness (QED) is 0.0855. The Morgan fingerprint density at radius 2 is 1.45 bits per heavy atom. The van der Waals surface area contributed by atoms with E-state index in [1.165, 1.54) is 36.4 Å². The van der Waals surface area contributed by atoms with Gasteiger partial charge in [-0.15, -0.1) is 0 Å². The molecule has 0 aliphatic carbocycles. The molecule has 0 spiro atoms. The maximum Gasteiger partial charge on any atom is 0.330 e. The van der Waals surface area contributed by atoms with E-state index < -0.39 is 98.9 Å². The van der Waals surface area contributed by atoms with Crippen LogP contribution in [-0.4, -0.2) is 102 Å². The molecule has 1 aliphatic rings. The lowest BCUT2D eigenvalue weighted by Crippen LogP contribution is -2.59. The smallest absolute Gasteiger partial charge is 0.330 e. The second kappa shape index (κ2) is 20.8. The Labute approximate surface area is 323 Å². The van der Waals surface area contributed by atoms with Crippen molar-refractivity contribution in [3.63, 3.8) is 0 Å². The van der Waals surface area contributed by atoms with Crippen LogP contribution in [0.25, 0.3) is 0 Å². The summed E-state index contributed by atoms with van der Waals surface area (Å²) in [5.41, 5.74) is 0.389. The van der Waals surface area contributed by atoms with Crippen molar-refractivity contribution in [2.75, 3.05) is 24.3 Å². The predicted molar refractivity (Wildman–Crippen MR) is 203 cm³/mol. The number of aliphatic carboxylic acids is 1. The normalized spacial score (nSPS) is 17.8. The molecule has 3 rings (SSSR count). The number of hydrogen-bond donors (Lipinski definition) is 6. The van der Waals surface area contributed by atoms with Gasteiger partial charge in [0.15, 0.2) is 15.9 Å². The summed E-state index contributed by atoms with van der Waals surface area (Å²) in [6.07, 6.45) is 2.25. The number of hydrogen-bond acceptors (Lipinski definition) is 10. The zero-order valence-corrected chi connectivity index (χ0v) is 32.8. The Hall–Kier alpha value is -4.81. The van der Waals surface area contributed by atoms with Crippen molar-refractivity contribution < 1.29 is 51.6 Å². The van der Waals surface area contributed by atoms with Gasteiger partial charge in [0.2, 0.25) is 23.5 Å². The molecule has 1 heterocycles. The summed E-state index contributed by atoms with van der Waals surface area (Å²) in [6.45, 7) is 4.62. The highest BCUT2D eigenvalue weighted by Crippen LogP contribution is 2.24. The zero-order chi connectivity index (χ0) is 40.9. The molecule has 1 aliphatic heterocycles. The average molecular weight is 804 g/mol. The number of carbonyl (C=O) groups is 7. The molecule has 0 aromatic heterocycles. The Morgan fingerprint density at radius 1 is 0.855 bits per heavy atom. The standard InChI is InChI=1S/C37H49N5O11S2/c1-5-9-27(32(44)36(48)38-21-29(43)41-31(37(49)50)23-10-7-6-8-11-23)39-34(46)28(20-22(2)3)40-35(47)30(24-16-18-54(51)19-17-24)42-33(45)25-12-14-26(15-13-25)55(4,52)53/h6-8,10-15,22,24,27-28,30-31H,5,9,16-21H2,1-4H3,(H,38,48)(H,39,46)(H,40,47)(H,41,43)(H,42,45)(H,49,50)/t24?,27?,28-,30-,31-,54?/m0/s1. The number of sulfone groups is 1. The molecule has 0 radical (unpaired) electrons. The number of carboxylic acid groups (broad SMARTS) is 1. The number of Topliss-reactive ketones (excluding diaryl/α,β-unsaturated/α-hetero) is 1. The number of benzene rings is 2. The SMILES string of the molecule is CCCC(NC(=O)[C@H](CC(C)C)NC(=O)[C@@H](NC(=O)c1ccc(S(C)(=O)=O)cc1)C1CC[S+]([O-])CC1)C(=O)C(=O)NCC(=O)N[C@H](C(=O)O)c1ccccc1. The lowest BCUT2D eigenvalue weighted by molar-refractivity contribution is -0.142. The molecular weight excluding hydrogens is 755 g/mol. The van der Waals surface area contributed by atoms with Gasteiger partial charge in [0.05, 0.1) is 17.5 Å². The van der Waals surface area contributed by atoms with Crippen LogP contribution in [0.1, 0.15) is 74.8 Å². The number of ketones is 1. The minimum absolute atomic E-state index is 0.00574. The van der Waals surface area contributed by atoms with Crippen molar-refractivity contribution in [2.24, 2.45) is 11.8 Å². The van der Waals surface area contributed by atoms with Crippen LogP contribution in [0, 0.1) is 11.8 Å². The van der Waals surface area contributed by atoms with Crippen molar-refractivity contribution in [1.82, 2.24) is 26.6 Å². The zero-order valence-electron chi connectivity index (χ0n) is 31.2. The van der Waals surface area contributed by atoms with Gasteiger partial charge in [-0.1, -0.05) is 68.7 Å². The van der Waals surface area contributed by atoms with E-state index in [1.54, 1.807) is 25.1 Å². The lowest BCUT2D eigenvalue weighted by Gasteiger charge is -2.32. The van der Waals surface area contributed by atoms with Gasteiger partial charge in [0.25, 0.3) is 11.8 Å². The maximum atomic E-state index is 13.9. The van der Waals surface area contributed by atoms with Gasteiger partial charge >= 0.3 is 5.97 Å². The van der Waals surface area contributed by atoms with E-state index in [4.69, 9.17) is 0 Å². The van der Waals surface area contributed by atoms with E-state index in [-0.39, 0.29) is 29.2 Å². The molecule has 5 amide bonds. The number of amides is 5. The largest absolute Gasteiger partial charge is 0.616 e. The van der Waals surface area contributed by atoms with Gasteiger partial charge in [0, 0.05) is 11.8 Å². The van der Waals surface area contributed by atoms with Crippen molar-refractivity contribution in [1.29, 1.82) is 0 Å². The fourth-order valence-electron chi connectivity index (χ4n) is 5.97. The Kier molecular flexibility index (Phi) is 16.8. The first-order valence-electron chi connectivity index (χ1n) is 17.9. The van der Waals surface area contributed by atoms with Crippen LogP contribution >= 0.6 is 0 Å². The van der Waals surface area contributed by atoms with Gasteiger partial charge in [-0.3, -0.25) is 28.8 Å². The molecule has 0 bridgehead atoms. The van der Waals surface area contributed by atoms with Crippen molar-refractivity contribution in [2.45, 2.75) is 81.9 Å². The highest BCUT2D eigenvalue weighted by molar-refractivity contribution is 7.91. The van der Waals surface area contributed by atoms with Gasteiger partial charge in [0.1, 0.15) is 23.6 Å².